The molecular formula is C20H21FN4O3S. The molecule has 0 atom stereocenters. The van der Waals surface area contributed by atoms with E-state index in [1.54, 1.807) is 25.3 Å². The van der Waals surface area contributed by atoms with Crippen LogP contribution in [-0.2, 0) is 14.8 Å². The second-order valence-electron chi connectivity index (χ2n) is 7.16. The zero-order valence-electron chi connectivity index (χ0n) is 16.0. The number of pyridine rings is 1. The van der Waals surface area contributed by atoms with Gasteiger partial charge in [0, 0.05) is 17.5 Å². The molecule has 0 bridgehead atoms. The Morgan fingerprint density at radius 3 is 2.72 bits per heavy atom. The molecule has 9 heteroatoms. The van der Waals surface area contributed by atoms with Crippen molar-refractivity contribution in [2.24, 2.45) is 5.92 Å². The maximum Gasteiger partial charge on any atom is 0.232 e. The van der Waals surface area contributed by atoms with Crippen molar-refractivity contribution in [3.63, 3.8) is 0 Å². The Hall–Kier alpha value is -2.94. The molecule has 152 valence electrons. The fourth-order valence-corrected chi connectivity index (χ4v) is 3.83. The second kappa shape index (κ2) is 7.14. The van der Waals surface area contributed by atoms with Gasteiger partial charge in [0.1, 0.15) is 11.5 Å². The maximum absolute atomic E-state index is 14.9. The van der Waals surface area contributed by atoms with E-state index >= 15 is 0 Å². The number of H-pyrrole nitrogens is 1. The van der Waals surface area contributed by atoms with E-state index in [1.807, 2.05) is 6.07 Å². The molecule has 1 fully saturated rings. The van der Waals surface area contributed by atoms with E-state index in [0.717, 1.165) is 18.2 Å². The summed E-state index contributed by atoms with van der Waals surface area (Å²) in [6.07, 6.45) is 3.48. The zero-order chi connectivity index (χ0) is 20.8. The number of rotatable bonds is 6. The highest BCUT2D eigenvalue weighted by molar-refractivity contribution is 7.92. The lowest BCUT2D eigenvalue weighted by atomic mass is 9.97. The number of hydrogen-bond acceptors (Lipinski definition) is 4. The van der Waals surface area contributed by atoms with E-state index in [1.165, 1.54) is 13.0 Å². The van der Waals surface area contributed by atoms with Crippen molar-refractivity contribution in [1.29, 1.82) is 0 Å². The predicted molar refractivity (Wildman–Crippen MR) is 111 cm³/mol. The normalized spacial score (nSPS) is 14.2. The van der Waals surface area contributed by atoms with Crippen LogP contribution in [0.5, 0.6) is 0 Å². The molecule has 1 amide bonds. The monoisotopic (exact) mass is 416 g/mol. The van der Waals surface area contributed by atoms with Gasteiger partial charge in [0.05, 0.1) is 11.4 Å². The summed E-state index contributed by atoms with van der Waals surface area (Å²) in [6, 6.07) is 6.62. The molecule has 7 nitrogen and oxygen atoms in total. The minimum Gasteiger partial charge on any atom is -0.346 e. The van der Waals surface area contributed by atoms with Crippen molar-refractivity contribution in [3.05, 3.63) is 41.8 Å². The number of benzene rings is 1. The first-order valence-corrected chi connectivity index (χ1v) is 11.0. The summed E-state index contributed by atoms with van der Waals surface area (Å²) in [5.74, 6) is -0.428. The molecule has 0 spiro atoms. The molecule has 2 heterocycles. The Morgan fingerprint density at radius 2 is 2.03 bits per heavy atom. The molecule has 29 heavy (non-hydrogen) atoms. The summed E-state index contributed by atoms with van der Waals surface area (Å²) in [4.78, 5) is 19.6. The molecule has 3 N–H and O–H groups in total. The van der Waals surface area contributed by atoms with Gasteiger partial charge in [-0.2, -0.15) is 0 Å². The van der Waals surface area contributed by atoms with Crippen LogP contribution in [0.3, 0.4) is 0 Å². The van der Waals surface area contributed by atoms with E-state index in [-0.39, 0.29) is 23.3 Å². The second-order valence-corrected chi connectivity index (χ2v) is 9.17. The van der Waals surface area contributed by atoms with Gasteiger partial charge in [-0.15, -0.1) is 0 Å². The molecule has 0 radical (unpaired) electrons. The number of hydrogen-bond donors (Lipinski definition) is 3. The van der Waals surface area contributed by atoms with Crippen LogP contribution < -0.4 is 10.0 Å². The Labute approximate surface area is 167 Å². The van der Waals surface area contributed by atoms with Gasteiger partial charge in [-0.05, 0) is 61.6 Å². The minimum absolute atomic E-state index is 0.0321. The van der Waals surface area contributed by atoms with Crippen molar-refractivity contribution >= 4 is 38.5 Å². The molecule has 1 aliphatic carbocycles. The number of sulfonamides is 1. The Morgan fingerprint density at radius 1 is 1.28 bits per heavy atom. The van der Waals surface area contributed by atoms with Crippen LogP contribution in [-0.4, -0.2) is 30.0 Å². The molecular weight excluding hydrogens is 395 g/mol. The van der Waals surface area contributed by atoms with E-state index in [0.29, 0.717) is 28.2 Å². The standard InChI is InChI=1S/C20H21FN4O3S/c1-3-29(27,28)25-16-7-6-13(11(2)18(16)21)15-10-17(24-20(26)12-4-5-12)23-19-14(15)8-9-22-19/h6-10,12,25H,3-5H2,1-2H3,(H2,22,23,24,26). The first-order chi connectivity index (χ1) is 13.8. The third-order valence-corrected chi connectivity index (χ3v) is 6.34. The van der Waals surface area contributed by atoms with Crippen molar-refractivity contribution in [1.82, 2.24) is 9.97 Å². The van der Waals surface area contributed by atoms with Crippen LogP contribution in [0.4, 0.5) is 15.9 Å². The van der Waals surface area contributed by atoms with E-state index < -0.39 is 15.8 Å². The minimum atomic E-state index is -3.59. The van der Waals surface area contributed by atoms with Gasteiger partial charge < -0.3 is 10.3 Å². The van der Waals surface area contributed by atoms with Gasteiger partial charge in [-0.25, -0.2) is 17.8 Å². The number of carbonyl (C=O) groups excluding carboxylic acids is 1. The number of halogens is 1. The van der Waals surface area contributed by atoms with Crippen molar-refractivity contribution in [2.45, 2.75) is 26.7 Å². The van der Waals surface area contributed by atoms with Gasteiger partial charge in [0.15, 0.2) is 5.82 Å². The fraction of sp³-hybridized carbons (Fsp3) is 0.300. The number of carbonyl (C=O) groups is 1. The summed E-state index contributed by atoms with van der Waals surface area (Å²) in [6.45, 7) is 3.08. The average molecular weight is 416 g/mol. The summed E-state index contributed by atoms with van der Waals surface area (Å²) >= 11 is 0. The lowest BCUT2D eigenvalue weighted by Gasteiger charge is -2.14. The number of nitrogens with zero attached hydrogens (tertiary/aromatic N) is 1. The van der Waals surface area contributed by atoms with Gasteiger partial charge in [-0.1, -0.05) is 6.07 Å². The van der Waals surface area contributed by atoms with E-state index in [4.69, 9.17) is 0 Å². The highest BCUT2D eigenvalue weighted by Gasteiger charge is 2.30. The van der Waals surface area contributed by atoms with Gasteiger partial charge in [0.2, 0.25) is 15.9 Å². The molecule has 0 aliphatic heterocycles. The van der Waals surface area contributed by atoms with Gasteiger partial charge in [0.25, 0.3) is 0 Å². The number of anilines is 2. The van der Waals surface area contributed by atoms with Crippen LogP contribution in [0.15, 0.2) is 30.5 Å². The SMILES string of the molecule is CCS(=O)(=O)Nc1ccc(-c2cc(NC(=O)C3CC3)nc3[nH]ccc23)c(C)c1F. The van der Waals surface area contributed by atoms with Crippen LogP contribution in [0, 0.1) is 18.7 Å². The highest BCUT2D eigenvalue weighted by Crippen LogP contribution is 2.36. The number of nitrogens with one attached hydrogen (secondary N) is 3. The molecule has 1 aromatic carbocycles. The molecule has 0 unspecified atom stereocenters. The van der Waals surface area contributed by atoms with Crippen LogP contribution in [0.1, 0.15) is 25.3 Å². The van der Waals surface area contributed by atoms with Crippen molar-refractivity contribution < 1.29 is 17.6 Å². The summed E-state index contributed by atoms with van der Waals surface area (Å²) in [7, 11) is -3.59. The maximum atomic E-state index is 14.9. The molecule has 1 saturated carbocycles. The third kappa shape index (κ3) is 3.82. The lowest BCUT2D eigenvalue weighted by molar-refractivity contribution is -0.117. The van der Waals surface area contributed by atoms with Crippen molar-refractivity contribution in [3.8, 4) is 11.1 Å². The summed E-state index contributed by atoms with van der Waals surface area (Å²) < 4.78 is 40.8. The highest BCUT2D eigenvalue weighted by atomic mass is 32.2. The number of aromatic nitrogens is 2. The average Bonchev–Trinajstić information content (AvgIpc) is 3.43. The van der Waals surface area contributed by atoms with Gasteiger partial charge in [-0.3, -0.25) is 9.52 Å². The lowest BCUT2D eigenvalue weighted by Crippen LogP contribution is -2.16. The van der Waals surface area contributed by atoms with Crippen LogP contribution in [0.25, 0.3) is 22.2 Å². The smallest absolute Gasteiger partial charge is 0.232 e. The Kier molecular flexibility index (Phi) is 4.77. The summed E-state index contributed by atoms with van der Waals surface area (Å²) in [5.41, 5.74) is 2.08. The largest absolute Gasteiger partial charge is 0.346 e. The summed E-state index contributed by atoms with van der Waals surface area (Å²) in [5, 5.41) is 3.60. The van der Waals surface area contributed by atoms with Crippen LogP contribution >= 0.6 is 0 Å². The first kappa shape index (κ1) is 19.4. The number of amides is 1. The van der Waals surface area contributed by atoms with E-state index in [2.05, 4.69) is 20.0 Å². The first-order valence-electron chi connectivity index (χ1n) is 9.38. The number of fused-ring (bicyclic) bond motifs is 1. The molecule has 1 aliphatic rings. The van der Waals surface area contributed by atoms with Gasteiger partial charge >= 0.3 is 0 Å². The molecule has 0 saturated heterocycles. The van der Waals surface area contributed by atoms with Crippen LogP contribution in [0.2, 0.25) is 0 Å². The Bertz CT molecular complexity index is 1220. The quantitative estimate of drug-likeness (QED) is 0.569. The molecule has 2 aromatic heterocycles. The topological polar surface area (TPSA) is 104 Å². The fourth-order valence-electron chi connectivity index (χ4n) is 3.19. The zero-order valence-corrected chi connectivity index (χ0v) is 16.9. The Balaban J connectivity index is 1.78. The predicted octanol–water partition coefficient (Wildman–Crippen LogP) is 3.79. The molecule has 4 rings (SSSR count). The molecule has 3 aromatic rings. The van der Waals surface area contributed by atoms with E-state index in [9.17, 15) is 17.6 Å². The number of aromatic amines is 1. The third-order valence-electron chi connectivity index (χ3n) is 5.05. The van der Waals surface area contributed by atoms with Crippen molar-refractivity contribution in [2.75, 3.05) is 15.8 Å².